The Morgan fingerprint density at radius 1 is 1.61 bits per heavy atom. The largest absolute Gasteiger partial charge is 0.461 e. The fourth-order valence-electron chi connectivity index (χ4n) is 1.07. The molecule has 1 atom stereocenters. The molecule has 1 aromatic rings. The quantitative estimate of drug-likeness (QED) is 0.808. The summed E-state index contributed by atoms with van der Waals surface area (Å²) < 4.78 is 4.81. The van der Waals surface area contributed by atoms with Crippen LogP contribution in [0.15, 0.2) is 5.38 Å². The molecule has 0 saturated carbocycles. The van der Waals surface area contributed by atoms with E-state index in [2.05, 4.69) is 10.3 Å². The van der Waals surface area contributed by atoms with Crippen LogP contribution in [-0.2, 0) is 4.74 Å². The molecule has 100 valence electrons. The highest BCUT2D eigenvalue weighted by molar-refractivity contribution is 7.99. The summed E-state index contributed by atoms with van der Waals surface area (Å²) >= 11 is 2.79. The van der Waals surface area contributed by atoms with Gasteiger partial charge in [-0.15, -0.1) is 11.3 Å². The minimum absolute atomic E-state index is 0.208. The van der Waals surface area contributed by atoms with Crippen LogP contribution >= 0.6 is 23.1 Å². The molecule has 0 fully saturated rings. The van der Waals surface area contributed by atoms with Crippen LogP contribution in [0, 0.1) is 0 Å². The predicted octanol–water partition coefficient (Wildman–Crippen LogP) is 1.80. The molecular formula is C11H16N2O3S2. The molecule has 1 rings (SSSR count). The first-order valence-corrected chi connectivity index (χ1v) is 7.68. The van der Waals surface area contributed by atoms with Gasteiger partial charge in [-0.05, 0) is 13.2 Å². The number of aromatic nitrogens is 1. The van der Waals surface area contributed by atoms with E-state index in [0.717, 1.165) is 11.3 Å². The molecule has 0 saturated heterocycles. The molecule has 0 bridgehead atoms. The molecule has 0 radical (unpaired) electrons. The lowest BCUT2D eigenvalue weighted by atomic mass is 10.4. The lowest BCUT2D eigenvalue weighted by Gasteiger charge is -2.08. The van der Waals surface area contributed by atoms with Crippen molar-refractivity contribution in [2.75, 3.05) is 19.4 Å². The highest BCUT2D eigenvalue weighted by Gasteiger charge is 2.16. The molecule has 0 aliphatic heterocycles. The smallest absolute Gasteiger partial charge is 0.367 e. The molecule has 0 aliphatic carbocycles. The van der Waals surface area contributed by atoms with Crippen LogP contribution in [0.2, 0.25) is 0 Å². The third kappa shape index (κ3) is 4.30. The molecule has 0 spiro atoms. The Morgan fingerprint density at radius 2 is 2.33 bits per heavy atom. The SMILES string of the molecule is CCOC(=O)c1nc(C(=O)NCC(C)SC)cs1. The highest BCUT2D eigenvalue weighted by atomic mass is 32.2. The number of amides is 1. The number of hydrogen-bond donors (Lipinski definition) is 1. The van der Waals surface area contributed by atoms with Gasteiger partial charge in [-0.1, -0.05) is 6.92 Å². The zero-order valence-electron chi connectivity index (χ0n) is 10.6. The maximum atomic E-state index is 11.7. The molecule has 1 heterocycles. The van der Waals surface area contributed by atoms with Crippen LogP contribution in [0.4, 0.5) is 0 Å². The lowest BCUT2D eigenvalue weighted by Crippen LogP contribution is -2.29. The third-order valence-electron chi connectivity index (χ3n) is 2.14. The number of nitrogens with one attached hydrogen (secondary N) is 1. The summed E-state index contributed by atoms with van der Waals surface area (Å²) in [4.78, 5) is 27.1. The van der Waals surface area contributed by atoms with E-state index < -0.39 is 5.97 Å². The van der Waals surface area contributed by atoms with Crippen LogP contribution in [0.25, 0.3) is 0 Å². The van der Waals surface area contributed by atoms with Crippen molar-refractivity contribution in [2.45, 2.75) is 19.1 Å². The number of hydrogen-bond acceptors (Lipinski definition) is 6. The molecule has 0 aliphatic rings. The van der Waals surface area contributed by atoms with Gasteiger partial charge in [0.15, 0.2) is 0 Å². The van der Waals surface area contributed by atoms with E-state index in [1.165, 1.54) is 0 Å². The molecule has 1 unspecified atom stereocenters. The zero-order valence-corrected chi connectivity index (χ0v) is 12.2. The van der Waals surface area contributed by atoms with E-state index in [1.807, 2.05) is 13.2 Å². The summed E-state index contributed by atoms with van der Waals surface area (Å²) in [5.74, 6) is -0.748. The Balaban J connectivity index is 2.57. The van der Waals surface area contributed by atoms with Crippen molar-refractivity contribution in [3.05, 3.63) is 16.1 Å². The molecule has 1 amide bonds. The number of ether oxygens (including phenoxy) is 1. The zero-order chi connectivity index (χ0) is 13.5. The predicted molar refractivity (Wildman–Crippen MR) is 73.4 cm³/mol. The van der Waals surface area contributed by atoms with E-state index in [0.29, 0.717) is 18.4 Å². The van der Waals surface area contributed by atoms with Crippen molar-refractivity contribution in [3.63, 3.8) is 0 Å². The second-order valence-electron chi connectivity index (χ2n) is 3.51. The maximum Gasteiger partial charge on any atom is 0.367 e. The van der Waals surface area contributed by atoms with Crippen molar-refractivity contribution in [1.29, 1.82) is 0 Å². The van der Waals surface area contributed by atoms with Gasteiger partial charge in [0.1, 0.15) is 5.69 Å². The number of esters is 1. The molecule has 5 nitrogen and oxygen atoms in total. The van der Waals surface area contributed by atoms with E-state index in [-0.39, 0.29) is 16.6 Å². The lowest BCUT2D eigenvalue weighted by molar-refractivity contribution is 0.0526. The fraction of sp³-hybridized carbons (Fsp3) is 0.545. The summed E-state index contributed by atoms with van der Waals surface area (Å²) in [6, 6.07) is 0. The second kappa shape index (κ2) is 7.38. The average molecular weight is 288 g/mol. The molecular weight excluding hydrogens is 272 g/mol. The Hall–Kier alpha value is -1.08. The average Bonchev–Trinajstić information content (AvgIpc) is 2.85. The maximum absolute atomic E-state index is 11.7. The van der Waals surface area contributed by atoms with Crippen LogP contribution in [0.1, 0.15) is 34.1 Å². The Kier molecular flexibility index (Phi) is 6.14. The first-order chi connectivity index (χ1) is 8.58. The van der Waals surface area contributed by atoms with Gasteiger partial charge in [0.05, 0.1) is 6.61 Å². The van der Waals surface area contributed by atoms with Crippen molar-refractivity contribution in [2.24, 2.45) is 0 Å². The fourth-order valence-corrected chi connectivity index (χ4v) is 2.01. The van der Waals surface area contributed by atoms with E-state index in [9.17, 15) is 9.59 Å². The van der Waals surface area contributed by atoms with Crippen LogP contribution in [0.3, 0.4) is 0 Å². The molecule has 1 N–H and O–H groups in total. The summed E-state index contributed by atoms with van der Waals surface area (Å²) in [5, 5.41) is 4.88. The van der Waals surface area contributed by atoms with Gasteiger partial charge in [0, 0.05) is 17.2 Å². The Bertz CT molecular complexity index is 420. The minimum Gasteiger partial charge on any atom is -0.461 e. The Labute approximate surface area is 114 Å². The van der Waals surface area contributed by atoms with Gasteiger partial charge in [0.2, 0.25) is 5.01 Å². The summed E-state index contributed by atoms with van der Waals surface area (Å²) in [7, 11) is 0. The van der Waals surface area contributed by atoms with Crippen molar-refractivity contribution < 1.29 is 14.3 Å². The van der Waals surface area contributed by atoms with Gasteiger partial charge in [0.25, 0.3) is 5.91 Å². The Morgan fingerprint density at radius 3 is 2.94 bits per heavy atom. The molecule has 0 aromatic carbocycles. The standard InChI is InChI=1S/C11H16N2O3S2/c1-4-16-11(15)10-13-8(6-18-10)9(14)12-5-7(2)17-3/h6-7H,4-5H2,1-3H3,(H,12,14). The number of rotatable bonds is 6. The van der Waals surface area contributed by atoms with Gasteiger partial charge in [-0.2, -0.15) is 11.8 Å². The van der Waals surface area contributed by atoms with Crippen molar-refractivity contribution in [1.82, 2.24) is 10.3 Å². The van der Waals surface area contributed by atoms with Crippen LogP contribution in [0.5, 0.6) is 0 Å². The molecule has 1 aromatic heterocycles. The first kappa shape index (κ1) is 15.0. The summed E-state index contributed by atoms with van der Waals surface area (Å²) in [6.07, 6.45) is 1.98. The molecule has 18 heavy (non-hydrogen) atoms. The van der Waals surface area contributed by atoms with Gasteiger partial charge in [-0.25, -0.2) is 9.78 Å². The second-order valence-corrected chi connectivity index (χ2v) is 5.65. The first-order valence-electron chi connectivity index (χ1n) is 5.52. The molecule has 7 heteroatoms. The van der Waals surface area contributed by atoms with Crippen LogP contribution in [-0.4, -0.2) is 41.5 Å². The highest BCUT2D eigenvalue weighted by Crippen LogP contribution is 2.11. The third-order valence-corrected chi connectivity index (χ3v) is 3.93. The number of thiazole rings is 1. The van der Waals surface area contributed by atoms with Gasteiger partial charge >= 0.3 is 5.97 Å². The van der Waals surface area contributed by atoms with Crippen molar-refractivity contribution >= 4 is 35.0 Å². The summed E-state index contributed by atoms with van der Waals surface area (Å²) in [6.45, 7) is 4.62. The topological polar surface area (TPSA) is 68.3 Å². The number of nitrogens with zero attached hydrogens (tertiary/aromatic N) is 1. The normalized spacial score (nSPS) is 11.9. The van der Waals surface area contributed by atoms with E-state index in [4.69, 9.17) is 4.74 Å². The van der Waals surface area contributed by atoms with Gasteiger partial charge in [-0.3, -0.25) is 4.79 Å². The summed E-state index contributed by atoms with van der Waals surface area (Å²) in [5.41, 5.74) is 0.261. The van der Waals surface area contributed by atoms with E-state index in [1.54, 1.807) is 24.1 Å². The van der Waals surface area contributed by atoms with Crippen LogP contribution < -0.4 is 5.32 Å². The number of thioether (sulfide) groups is 1. The minimum atomic E-state index is -0.487. The van der Waals surface area contributed by atoms with E-state index >= 15 is 0 Å². The monoisotopic (exact) mass is 288 g/mol. The number of carbonyl (C=O) groups is 2. The van der Waals surface area contributed by atoms with Crippen molar-refractivity contribution in [3.8, 4) is 0 Å². The van der Waals surface area contributed by atoms with Gasteiger partial charge < -0.3 is 10.1 Å². The number of carbonyl (C=O) groups excluding carboxylic acids is 2.